The van der Waals surface area contributed by atoms with Gasteiger partial charge in [0.25, 0.3) is 0 Å². The third-order valence-electron chi connectivity index (χ3n) is 2.42. The van der Waals surface area contributed by atoms with Crippen LogP contribution in [0, 0.1) is 11.7 Å². The Morgan fingerprint density at radius 3 is 2.67 bits per heavy atom. The number of rotatable bonds is 8. The van der Waals surface area contributed by atoms with Gasteiger partial charge >= 0.3 is 0 Å². The average molecular weight is 254 g/mol. The highest BCUT2D eigenvalue weighted by Crippen LogP contribution is 2.17. The van der Waals surface area contributed by atoms with Gasteiger partial charge in [-0.1, -0.05) is 13.8 Å². The number of hydrogen-bond acceptors (Lipinski definition) is 3. The lowest BCUT2D eigenvalue weighted by Gasteiger charge is -2.09. The van der Waals surface area contributed by atoms with Crippen LogP contribution < -0.4 is 4.74 Å². The van der Waals surface area contributed by atoms with Crippen molar-refractivity contribution < 1.29 is 18.7 Å². The van der Waals surface area contributed by atoms with Crippen molar-refractivity contribution in [3.05, 3.63) is 29.6 Å². The van der Waals surface area contributed by atoms with E-state index in [2.05, 4.69) is 13.8 Å². The zero-order valence-corrected chi connectivity index (χ0v) is 10.8. The molecule has 0 bridgehead atoms. The maximum atomic E-state index is 13.4. The first-order valence-corrected chi connectivity index (χ1v) is 6.08. The van der Waals surface area contributed by atoms with Crippen LogP contribution in [0.5, 0.6) is 5.75 Å². The van der Waals surface area contributed by atoms with Crippen molar-refractivity contribution in [2.45, 2.75) is 20.3 Å². The van der Waals surface area contributed by atoms with E-state index in [0.717, 1.165) is 12.5 Å². The van der Waals surface area contributed by atoms with E-state index < -0.39 is 5.82 Å². The topological polar surface area (TPSA) is 35.5 Å². The summed E-state index contributed by atoms with van der Waals surface area (Å²) in [6, 6.07) is 4.13. The van der Waals surface area contributed by atoms with Crippen molar-refractivity contribution in [2.24, 2.45) is 5.92 Å². The van der Waals surface area contributed by atoms with E-state index in [-0.39, 0.29) is 5.75 Å². The van der Waals surface area contributed by atoms with Gasteiger partial charge in [0.2, 0.25) is 0 Å². The quantitative estimate of drug-likeness (QED) is 0.528. The highest BCUT2D eigenvalue weighted by atomic mass is 19.1. The molecule has 18 heavy (non-hydrogen) atoms. The van der Waals surface area contributed by atoms with Crippen molar-refractivity contribution in [1.29, 1.82) is 0 Å². The molecule has 1 rings (SSSR count). The Bertz CT molecular complexity index is 377. The summed E-state index contributed by atoms with van der Waals surface area (Å²) in [7, 11) is 0. The molecular formula is C14H19FO3. The van der Waals surface area contributed by atoms with E-state index in [4.69, 9.17) is 9.47 Å². The fourth-order valence-corrected chi connectivity index (χ4v) is 1.34. The maximum absolute atomic E-state index is 13.4. The zero-order chi connectivity index (χ0) is 13.4. The molecule has 0 saturated heterocycles. The van der Waals surface area contributed by atoms with Gasteiger partial charge in [-0.2, -0.15) is 0 Å². The van der Waals surface area contributed by atoms with Crippen molar-refractivity contribution in [1.82, 2.24) is 0 Å². The molecule has 0 atom stereocenters. The Morgan fingerprint density at radius 1 is 1.28 bits per heavy atom. The van der Waals surface area contributed by atoms with Crippen molar-refractivity contribution >= 4 is 6.29 Å². The Hall–Kier alpha value is -1.42. The summed E-state index contributed by atoms with van der Waals surface area (Å²) in [4.78, 5) is 10.4. The van der Waals surface area contributed by atoms with Gasteiger partial charge in [0.1, 0.15) is 12.9 Å². The van der Waals surface area contributed by atoms with Crippen LogP contribution >= 0.6 is 0 Å². The molecule has 3 nitrogen and oxygen atoms in total. The normalized spacial score (nSPS) is 10.7. The molecule has 0 spiro atoms. The summed E-state index contributed by atoms with van der Waals surface area (Å²) in [5.41, 5.74) is 0.299. The molecule has 0 aliphatic carbocycles. The molecule has 1 aromatic rings. The van der Waals surface area contributed by atoms with Gasteiger partial charge in [-0.05, 0) is 30.5 Å². The third-order valence-corrected chi connectivity index (χ3v) is 2.42. The summed E-state index contributed by atoms with van der Waals surface area (Å²) >= 11 is 0. The van der Waals surface area contributed by atoms with Gasteiger partial charge in [-0.3, -0.25) is 4.79 Å². The second kappa shape index (κ2) is 7.82. The van der Waals surface area contributed by atoms with Crippen molar-refractivity contribution in [2.75, 3.05) is 19.8 Å². The summed E-state index contributed by atoms with van der Waals surface area (Å²) in [6.45, 7) is 5.68. The summed E-state index contributed by atoms with van der Waals surface area (Å²) < 4.78 is 24.0. The molecule has 1 aromatic carbocycles. The van der Waals surface area contributed by atoms with E-state index >= 15 is 0 Å². The number of hydrogen-bond donors (Lipinski definition) is 0. The summed E-state index contributed by atoms with van der Waals surface area (Å²) in [5, 5.41) is 0. The molecule has 4 heteroatoms. The Balaban J connectivity index is 2.25. The number of aldehydes is 1. The van der Waals surface area contributed by atoms with E-state index in [9.17, 15) is 9.18 Å². The average Bonchev–Trinajstić information content (AvgIpc) is 2.34. The predicted octanol–water partition coefficient (Wildman–Crippen LogP) is 3.08. The van der Waals surface area contributed by atoms with Crippen LogP contribution in [-0.2, 0) is 4.74 Å². The monoisotopic (exact) mass is 254 g/mol. The zero-order valence-electron chi connectivity index (χ0n) is 10.8. The minimum absolute atomic E-state index is 0.146. The number of carbonyl (C=O) groups is 1. The predicted molar refractivity (Wildman–Crippen MR) is 67.6 cm³/mol. The standard InChI is InChI=1S/C14H19FO3/c1-11(2)5-6-17-7-8-18-14-4-3-12(10-16)9-13(14)15/h3-4,9-11H,5-8H2,1-2H3. The number of carbonyl (C=O) groups excluding carboxylic acids is 1. The molecule has 0 N–H and O–H groups in total. The fourth-order valence-electron chi connectivity index (χ4n) is 1.34. The molecule has 0 fully saturated rings. The van der Waals surface area contributed by atoms with Crippen LogP contribution in [0.15, 0.2) is 18.2 Å². The van der Waals surface area contributed by atoms with Crippen LogP contribution in [0.2, 0.25) is 0 Å². The molecule has 0 unspecified atom stereocenters. The van der Waals surface area contributed by atoms with Crippen LogP contribution in [-0.4, -0.2) is 26.1 Å². The molecule has 0 saturated carbocycles. The summed E-state index contributed by atoms with van der Waals surface area (Å²) in [6.07, 6.45) is 1.60. The van der Waals surface area contributed by atoms with Gasteiger partial charge in [-0.15, -0.1) is 0 Å². The lowest BCUT2D eigenvalue weighted by molar-refractivity contribution is 0.0913. The first kappa shape index (κ1) is 14.6. The van der Waals surface area contributed by atoms with Crippen LogP contribution in [0.4, 0.5) is 4.39 Å². The lowest BCUT2D eigenvalue weighted by Crippen LogP contribution is -2.09. The highest BCUT2D eigenvalue weighted by Gasteiger charge is 2.04. The number of halogens is 1. The molecule has 0 aromatic heterocycles. The van der Waals surface area contributed by atoms with Crippen LogP contribution in [0.1, 0.15) is 30.6 Å². The van der Waals surface area contributed by atoms with Crippen LogP contribution in [0.25, 0.3) is 0 Å². The number of ether oxygens (including phenoxy) is 2. The SMILES string of the molecule is CC(C)CCOCCOc1ccc(C=O)cc1F. The molecule has 0 heterocycles. The second-order valence-electron chi connectivity index (χ2n) is 4.45. The smallest absolute Gasteiger partial charge is 0.165 e. The molecule has 0 amide bonds. The van der Waals surface area contributed by atoms with Gasteiger partial charge in [0.15, 0.2) is 11.6 Å². The van der Waals surface area contributed by atoms with Gasteiger partial charge < -0.3 is 9.47 Å². The fraction of sp³-hybridized carbons (Fsp3) is 0.500. The maximum Gasteiger partial charge on any atom is 0.165 e. The van der Waals surface area contributed by atoms with Gasteiger partial charge in [0, 0.05) is 12.2 Å². The largest absolute Gasteiger partial charge is 0.488 e. The number of benzene rings is 1. The molecule has 0 aliphatic heterocycles. The van der Waals surface area contributed by atoms with Gasteiger partial charge in [0.05, 0.1) is 6.61 Å². The van der Waals surface area contributed by atoms with E-state index in [0.29, 0.717) is 37.6 Å². The van der Waals surface area contributed by atoms with Crippen molar-refractivity contribution in [3.63, 3.8) is 0 Å². The molecule has 100 valence electrons. The first-order chi connectivity index (χ1) is 8.63. The highest BCUT2D eigenvalue weighted by molar-refractivity contribution is 5.74. The first-order valence-electron chi connectivity index (χ1n) is 6.08. The minimum Gasteiger partial charge on any atom is -0.488 e. The Labute approximate surface area is 107 Å². The van der Waals surface area contributed by atoms with Crippen LogP contribution in [0.3, 0.4) is 0 Å². The lowest BCUT2D eigenvalue weighted by atomic mass is 10.1. The van der Waals surface area contributed by atoms with Crippen molar-refractivity contribution in [3.8, 4) is 5.75 Å². The minimum atomic E-state index is -0.526. The Kier molecular flexibility index (Phi) is 6.36. The molecule has 0 aliphatic rings. The molecular weight excluding hydrogens is 235 g/mol. The Morgan fingerprint density at radius 2 is 2.06 bits per heavy atom. The second-order valence-corrected chi connectivity index (χ2v) is 4.45. The van der Waals surface area contributed by atoms with E-state index in [1.807, 2.05) is 0 Å². The van der Waals surface area contributed by atoms with E-state index in [1.54, 1.807) is 0 Å². The summed E-state index contributed by atoms with van der Waals surface area (Å²) in [5.74, 6) is 0.231. The van der Waals surface area contributed by atoms with Gasteiger partial charge in [-0.25, -0.2) is 4.39 Å². The third kappa shape index (κ3) is 5.27. The molecule has 0 radical (unpaired) electrons. The van der Waals surface area contributed by atoms with E-state index in [1.165, 1.54) is 12.1 Å².